The first-order valence-corrected chi connectivity index (χ1v) is 8.82. The third-order valence-electron chi connectivity index (χ3n) is 4.17. The molecule has 2 nitrogen and oxygen atoms in total. The Morgan fingerprint density at radius 2 is 1.36 bits per heavy atom. The molecule has 0 fully saturated rings. The number of hydrogen-bond acceptors (Lipinski definition) is 2. The van der Waals surface area contributed by atoms with E-state index in [2.05, 4.69) is 55.5 Å². The van der Waals surface area contributed by atoms with Gasteiger partial charge < -0.3 is 9.47 Å². The summed E-state index contributed by atoms with van der Waals surface area (Å²) in [6.07, 6.45) is 1.06. The molecular weight excluding hydrogens is 308 g/mol. The molecule has 0 atom stereocenters. The van der Waals surface area contributed by atoms with Gasteiger partial charge in [-0.3, -0.25) is 0 Å². The topological polar surface area (TPSA) is 18.5 Å². The monoisotopic (exact) mass is 332 g/mol. The molecule has 3 rings (SSSR count). The van der Waals surface area contributed by atoms with Gasteiger partial charge in [-0.2, -0.15) is 0 Å². The van der Waals surface area contributed by atoms with Crippen molar-refractivity contribution in [3.05, 3.63) is 83.9 Å². The first-order valence-electron chi connectivity index (χ1n) is 8.82. The Labute approximate surface area is 150 Å². The van der Waals surface area contributed by atoms with Crippen LogP contribution >= 0.6 is 0 Å². The lowest BCUT2D eigenvalue weighted by Crippen LogP contribution is -1.96. The first-order chi connectivity index (χ1) is 12.3. The van der Waals surface area contributed by atoms with Crippen molar-refractivity contribution >= 4 is 0 Å². The van der Waals surface area contributed by atoms with Crippen LogP contribution in [0.4, 0.5) is 0 Å². The Balaban J connectivity index is 1.68. The largest absolute Gasteiger partial charge is 0.494 e. The van der Waals surface area contributed by atoms with Gasteiger partial charge in [-0.25, -0.2) is 0 Å². The smallest absolute Gasteiger partial charge is 0.120 e. The van der Waals surface area contributed by atoms with Crippen LogP contribution in [-0.4, -0.2) is 6.61 Å². The highest BCUT2D eigenvalue weighted by Gasteiger charge is 2.02. The molecule has 2 heteroatoms. The molecule has 0 aliphatic carbocycles. The molecule has 0 radical (unpaired) electrons. The standard InChI is InChI=1S/C23H24O2/c1-3-18-8-10-19(11-9-18)17-25-23-7-5-6-21(16-23)20-12-14-22(15-13-20)24-4-2/h5-16H,3-4,17H2,1-2H3. The summed E-state index contributed by atoms with van der Waals surface area (Å²) in [6, 6.07) is 25.0. The summed E-state index contributed by atoms with van der Waals surface area (Å²) < 4.78 is 11.5. The molecule has 0 saturated heterocycles. The van der Waals surface area contributed by atoms with Gasteiger partial charge in [-0.05, 0) is 59.9 Å². The fourth-order valence-electron chi connectivity index (χ4n) is 2.71. The summed E-state index contributed by atoms with van der Waals surface area (Å²) in [5, 5.41) is 0. The van der Waals surface area contributed by atoms with Gasteiger partial charge in [0.05, 0.1) is 6.61 Å². The van der Waals surface area contributed by atoms with Crippen LogP contribution in [-0.2, 0) is 13.0 Å². The minimum absolute atomic E-state index is 0.580. The lowest BCUT2D eigenvalue weighted by atomic mass is 10.1. The van der Waals surface area contributed by atoms with Gasteiger partial charge in [-0.1, -0.05) is 55.5 Å². The summed E-state index contributed by atoms with van der Waals surface area (Å²) in [6.45, 7) is 5.42. The van der Waals surface area contributed by atoms with E-state index in [1.54, 1.807) is 0 Å². The molecular formula is C23H24O2. The second-order valence-electron chi connectivity index (χ2n) is 5.94. The summed E-state index contributed by atoms with van der Waals surface area (Å²) in [4.78, 5) is 0. The molecule has 0 aromatic heterocycles. The van der Waals surface area contributed by atoms with E-state index in [9.17, 15) is 0 Å². The Morgan fingerprint density at radius 3 is 2.04 bits per heavy atom. The maximum absolute atomic E-state index is 5.97. The third-order valence-corrected chi connectivity index (χ3v) is 4.17. The van der Waals surface area contributed by atoms with E-state index >= 15 is 0 Å². The predicted octanol–water partition coefficient (Wildman–Crippen LogP) is 5.89. The third kappa shape index (κ3) is 4.63. The summed E-state index contributed by atoms with van der Waals surface area (Å²) in [5.74, 6) is 1.78. The van der Waals surface area contributed by atoms with Gasteiger partial charge in [0.25, 0.3) is 0 Å². The lowest BCUT2D eigenvalue weighted by Gasteiger charge is -2.10. The van der Waals surface area contributed by atoms with E-state index in [1.807, 2.05) is 31.2 Å². The number of benzene rings is 3. The summed E-state index contributed by atoms with van der Waals surface area (Å²) >= 11 is 0. The molecule has 0 aliphatic rings. The Morgan fingerprint density at radius 1 is 0.640 bits per heavy atom. The van der Waals surface area contributed by atoms with Crippen LogP contribution in [0.15, 0.2) is 72.8 Å². The van der Waals surface area contributed by atoms with Crippen molar-refractivity contribution in [2.75, 3.05) is 6.61 Å². The first kappa shape index (κ1) is 17.1. The molecule has 0 heterocycles. The number of aryl methyl sites for hydroxylation is 1. The SMILES string of the molecule is CCOc1ccc(-c2cccc(OCc3ccc(CC)cc3)c2)cc1. The lowest BCUT2D eigenvalue weighted by molar-refractivity contribution is 0.306. The number of hydrogen-bond donors (Lipinski definition) is 0. The van der Waals surface area contributed by atoms with Crippen molar-refractivity contribution in [1.29, 1.82) is 0 Å². The molecule has 0 amide bonds. The molecule has 0 aliphatic heterocycles. The van der Waals surface area contributed by atoms with E-state index < -0.39 is 0 Å². The number of rotatable bonds is 7. The molecule has 3 aromatic rings. The highest BCUT2D eigenvalue weighted by molar-refractivity contribution is 5.65. The Hall–Kier alpha value is -2.74. The highest BCUT2D eigenvalue weighted by Crippen LogP contribution is 2.26. The van der Waals surface area contributed by atoms with Crippen molar-refractivity contribution in [2.45, 2.75) is 26.9 Å². The fourth-order valence-corrected chi connectivity index (χ4v) is 2.71. The molecule has 0 N–H and O–H groups in total. The van der Waals surface area contributed by atoms with Gasteiger partial charge in [0.1, 0.15) is 18.1 Å². The maximum Gasteiger partial charge on any atom is 0.120 e. The Kier molecular flexibility index (Phi) is 5.73. The van der Waals surface area contributed by atoms with E-state index in [0.717, 1.165) is 29.0 Å². The van der Waals surface area contributed by atoms with Crippen LogP contribution < -0.4 is 9.47 Å². The fraction of sp³-hybridized carbons (Fsp3) is 0.217. The van der Waals surface area contributed by atoms with Gasteiger partial charge in [-0.15, -0.1) is 0 Å². The molecule has 128 valence electrons. The second kappa shape index (κ2) is 8.39. The minimum Gasteiger partial charge on any atom is -0.494 e. The van der Waals surface area contributed by atoms with E-state index in [-0.39, 0.29) is 0 Å². The zero-order valence-electron chi connectivity index (χ0n) is 14.9. The van der Waals surface area contributed by atoms with Crippen molar-refractivity contribution < 1.29 is 9.47 Å². The second-order valence-corrected chi connectivity index (χ2v) is 5.94. The molecule has 0 bridgehead atoms. The molecule has 0 unspecified atom stereocenters. The van der Waals surface area contributed by atoms with E-state index in [4.69, 9.17) is 9.47 Å². The predicted molar refractivity (Wildman–Crippen MR) is 103 cm³/mol. The van der Waals surface area contributed by atoms with Crippen LogP contribution in [0, 0.1) is 0 Å². The maximum atomic E-state index is 5.97. The van der Waals surface area contributed by atoms with Gasteiger partial charge in [0, 0.05) is 0 Å². The summed E-state index contributed by atoms with van der Waals surface area (Å²) in [5.41, 5.74) is 4.83. The van der Waals surface area contributed by atoms with E-state index in [0.29, 0.717) is 13.2 Å². The van der Waals surface area contributed by atoms with Gasteiger partial charge >= 0.3 is 0 Å². The highest BCUT2D eigenvalue weighted by atomic mass is 16.5. The van der Waals surface area contributed by atoms with Crippen LogP contribution in [0.3, 0.4) is 0 Å². The molecule has 0 spiro atoms. The number of ether oxygens (including phenoxy) is 2. The van der Waals surface area contributed by atoms with Crippen molar-refractivity contribution in [2.24, 2.45) is 0 Å². The van der Waals surface area contributed by atoms with Crippen molar-refractivity contribution in [3.63, 3.8) is 0 Å². The normalized spacial score (nSPS) is 10.5. The average Bonchev–Trinajstić information content (AvgIpc) is 2.68. The van der Waals surface area contributed by atoms with Crippen molar-refractivity contribution in [1.82, 2.24) is 0 Å². The Bertz CT molecular complexity index is 789. The van der Waals surface area contributed by atoms with Gasteiger partial charge in [0.2, 0.25) is 0 Å². The minimum atomic E-state index is 0.580. The molecule has 25 heavy (non-hydrogen) atoms. The molecule has 3 aromatic carbocycles. The van der Waals surface area contributed by atoms with Gasteiger partial charge in [0.15, 0.2) is 0 Å². The zero-order valence-corrected chi connectivity index (χ0v) is 14.9. The molecule has 0 saturated carbocycles. The van der Waals surface area contributed by atoms with Crippen LogP contribution in [0.5, 0.6) is 11.5 Å². The summed E-state index contributed by atoms with van der Waals surface area (Å²) in [7, 11) is 0. The average molecular weight is 332 g/mol. The van der Waals surface area contributed by atoms with E-state index in [1.165, 1.54) is 11.1 Å². The van der Waals surface area contributed by atoms with Crippen molar-refractivity contribution in [3.8, 4) is 22.6 Å². The van der Waals surface area contributed by atoms with Crippen LogP contribution in [0.25, 0.3) is 11.1 Å². The zero-order chi connectivity index (χ0) is 17.5. The van der Waals surface area contributed by atoms with Crippen LogP contribution in [0.1, 0.15) is 25.0 Å². The quantitative estimate of drug-likeness (QED) is 0.537. The van der Waals surface area contributed by atoms with Crippen LogP contribution in [0.2, 0.25) is 0 Å².